The highest BCUT2D eigenvalue weighted by atomic mass is 32.2. The second-order valence-electron chi connectivity index (χ2n) is 8.92. The predicted molar refractivity (Wildman–Crippen MR) is 151 cm³/mol. The summed E-state index contributed by atoms with van der Waals surface area (Å²) in [6, 6.07) is 24.3. The maximum absolute atomic E-state index is 13.8. The van der Waals surface area contributed by atoms with Gasteiger partial charge in [0.15, 0.2) is 5.75 Å². The molecule has 2 amide bonds. The van der Waals surface area contributed by atoms with E-state index in [9.17, 15) is 28.1 Å². The summed E-state index contributed by atoms with van der Waals surface area (Å²) in [6.45, 7) is 1.93. The molecule has 0 aliphatic carbocycles. The number of carbonyl (C=O) groups is 2. The van der Waals surface area contributed by atoms with E-state index in [1.54, 1.807) is 55.5 Å². The number of amides is 2. The number of rotatable bonds is 10. The van der Waals surface area contributed by atoms with E-state index in [2.05, 4.69) is 4.72 Å². The zero-order chi connectivity index (χ0) is 28.9. The van der Waals surface area contributed by atoms with Crippen LogP contribution in [0.1, 0.15) is 12.5 Å². The minimum Gasteiger partial charge on any atom is -0.490 e. The number of carbonyl (C=O) groups excluding carboxylic acids is 2. The summed E-state index contributed by atoms with van der Waals surface area (Å²) in [7, 11) is -3.06. The molecule has 0 heterocycles. The molecule has 4 aromatic carbocycles. The van der Waals surface area contributed by atoms with E-state index in [0.29, 0.717) is 11.1 Å². The van der Waals surface area contributed by atoms with E-state index >= 15 is 0 Å². The quantitative estimate of drug-likeness (QED) is 0.171. The van der Waals surface area contributed by atoms with Crippen molar-refractivity contribution < 1.29 is 27.7 Å². The van der Waals surface area contributed by atoms with Crippen LogP contribution in [0.3, 0.4) is 0 Å². The molecule has 1 N–H and O–H groups in total. The molecule has 4 rings (SSSR count). The van der Waals surface area contributed by atoms with Crippen molar-refractivity contribution in [1.82, 2.24) is 4.72 Å². The Morgan fingerprint density at radius 2 is 1.62 bits per heavy atom. The van der Waals surface area contributed by atoms with E-state index < -0.39 is 32.7 Å². The molecule has 0 aliphatic heterocycles. The van der Waals surface area contributed by atoms with Gasteiger partial charge in [-0.2, -0.15) is 0 Å². The van der Waals surface area contributed by atoms with Crippen LogP contribution in [-0.4, -0.2) is 38.8 Å². The van der Waals surface area contributed by atoms with Crippen LogP contribution in [0.25, 0.3) is 10.8 Å². The molecule has 0 bridgehead atoms. The molecule has 0 fully saturated rings. The zero-order valence-corrected chi connectivity index (χ0v) is 22.6. The van der Waals surface area contributed by atoms with Crippen LogP contribution < -0.4 is 14.4 Å². The van der Waals surface area contributed by atoms with Gasteiger partial charge in [-0.3, -0.25) is 19.7 Å². The molecule has 0 aromatic heterocycles. The number of nitrogens with one attached hydrogen (secondary N) is 1. The maximum atomic E-state index is 13.8. The van der Waals surface area contributed by atoms with Crippen molar-refractivity contribution in [2.24, 2.45) is 5.92 Å². The van der Waals surface area contributed by atoms with Crippen molar-refractivity contribution in [3.05, 3.63) is 107 Å². The summed E-state index contributed by atoms with van der Waals surface area (Å²) in [4.78, 5) is 39.5. The Hall–Kier alpha value is -4.77. The van der Waals surface area contributed by atoms with Gasteiger partial charge in [0.05, 0.1) is 16.9 Å². The second kappa shape index (κ2) is 12.0. The number of methoxy groups -OCH3 is 1. The van der Waals surface area contributed by atoms with Crippen LogP contribution in [0.15, 0.2) is 95.9 Å². The minimum atomic E-state index is -4.35. The number of ether oxygens (including phenoxy) is 1. The van der Waals surface area contributed by atoms with Gasteiger partial charge in [-0.1, -0.05) is 54.6 Å². The van der Waals surface area contributed by atoms with Gasteiger partial charge in [-0.25, -0.2) is 13.1 Å². The zero-order valence-electron chi connectivity index (χ0n) is 21.8. The van der Waals surface area contributed by atoms with Crippen molar-refractivity contribution in [3.8, 4) is 5.75 Å². The summed E-state index contributed by atoms with van der Waals surface area (Å²) in [5, 5.41) is 13.0. The van der Waals surface area contributed by atoms with Crippen LogP contribution in [0, 0.1) is 16.0 Å². The molecule has 40 heavy (non-hydrogen) atoms. The number of sulfonamides is 1. The molecule has 0 saturated heterocycles. The standard InChI is InChI=1S/C29H27N3O7S/c1-3-31(23-11-5-4-6-12-23)29(34)25(17-20-13-16-27(39-2)26(18-20)32(35)36)28(33)30-40(37,38)24-15-14-21-9-7-8-10-22(21)19-24/h4-16,18-19,25H,3,17H2,1-2H3,(H,30,33). The van der Waals surface area contributed by atoms with Crippen LogP contribution in [0.2, 0.25) is 0 Å². The Bertz CT molecular complexity index is 1670. The van der Waals surface area contributed by atoms with Crippen molar-refractivity contribution in [2.45, 2.75) is 18.2 Å². The number of fused-ring (bicyclic) bond motifs is 1. The van der Waals surface area contributed by atoms with Crippen LogP contribution in [0.4, 0.5) is 11.4 Å². The third-order valence-corrected chi connectivity index (χ3v) is 7.76. The molecule has 0 radical (unpaired) electrons. The molecule has 0 aliphatic rings. The summed E-state index contributed by atoms with van der Waals surface area (Å²) in [6.07, 6.45) is -0.286. The molecular formula is C29H27N3O7S. The molecule has 1 unspecified atom stereocenters. The van der Waals surface area contributed by atoms with Crippen molar-refractivity contribution in [1.29, 1.82) is 0 Å². The maximum Gasteiger partial charge on any atom is 0.311 e. The van der Waals surface area contributed by atoms with Gasteiger partial charge in [0, 0.05) is 18.3 Å². The summed E-state index contributed by atoms with van der Waals surface area (Å²) >= 11 is 0. The van der Waals surface area contributed by atoms with Gasteiger partial charge in [0.2, 0.25) is 11.8 Å². The molecule has 11 heteroatoms. The first-order chi connectivity index (χ1) is 19.1. The largest absolute Gasteiger partial charge is 0.490 e. The number of hydrogen-bond acceptors (Lipinski definition) is 7. The van der Waals surface area contributed by atoms with Crippen molar-refractivity contribution in [3.63, 3.8) is 0 Å². The topological polar surface area (TPSA) is 136 Å². The average molecular weight is 562 g/mol. The summed E-state index contributed by atoms with van der Waals surface area (Å²) in [5.41, 5.74) is 0.463. The van der Waals surface area contributed by atoms with Crippen LogP contribution in [-0.2, 0) is 26.0 Å². The predicted octanol–water partition coefficient (Wildman–Crippen LogP) is 4.47. The Morgan fingerprint density at radius 3 is 2.27 bits per heavy atom. The lowest BCUT2D eigenvalue weighted by atomic mass is 9.96. The monoisotopic (exact) mass is 561 g/mol. The van der Waals surface area contributed by atoms with Gasteiger partial charge in [-0.05, 0) is 60.0 Å². The lowest BCUT2D eigenvalue weighted by Crippen LogP contribution is -2.46. The van der Waals surface area contributed by atoms with Gasteiger partial charge in [0.25, 0.3) is 10.0 Å². The van der Waals surface area contributed by atoms with Gasteiger partial charge < -0.3 is 9.64 Å². The Labute approximate surface area is 231 Å². The molecule has 10 nitrogen and oxygen atoms in total. The minimum absolute atomic E-state index is 0.0134. The van der Waals surface area contributed by atoms with Gasteiger partial charge in [0.1, 0.15) is 5.92 Å². The SMILES string of the molecule is CCN(C(=O)C(Cc1ccc(OC)c([N+](=O)[O-])c1)C(=O)NS(=O)(=O)c1ccc2ccccc2c1)c1ccccc1. The first-order valence-electron chi connectivity index (χ1n) is 12.4. The Balaban J connectivity index is 1.71. The molecule has 0 spiro atoms. The number of nitrogens with zero attached hydrogens (tertiary/aromatic N) is 2. The van der Waals surface area contributed by atoms with E-state index in [0.717, 1.165) is 5.39 Å². The van der Waals surface area contributed by atoms with E-state index in [1.807, 2.05) is 12.1 Å². The number of nitro benzene ring substituents is 1. The average Bonchev–Trinajstić information content (AvgIpc) is 2.96. The third kappa shape index (κ3) is 6.10. The molecule has 1 atom stereocenters. The van der Waals surface area contributed by atoms with Crippen LogP contribution >= 0.6 is 0 Å². The fraction of sp³-hybridized carbons (Fsp3) is 0.172. The van der Waals surface area contributed by atoms with Gasteiger partial charge >= 0.3 is 5.69 Å². The normalized spacial score (nSPS) is 11.9. The molecular weight excluding hydrogens is 534 g/mol. The first-order valence-corrected chi connectivity index (χ1v) is 13.9. The lowest BCUT2D eigenvalue weighted by molar-refractivity contribution is -0.385. The Morgan fingerprint density at radius 1 is 0.950 bits per heavy atom. The first kappa shape index (κ1) is 28.2. The molecule has 206 valence electrons. The van der Waals surface area contributed by atoms with E-state index in [-0.39, 0.29) is 34.9 Å². The third-order valence-electron chi connectivity index (χ3n) is 6.41. The van der Waals surface area contributed by atoms with E-state index in [4.69, 9.17) is 4.74 Å². The molecule has 4 aromatic rings. The Kier molecular flexibility index (Phi) is 8.44. The van der Waals surface area contributed by atoms with Crippen molar-refractivity contribution in [2.75, 3.05) is 18.6 Å². The van der Waals surface area contributed by atoms with Crippen LogP contribution in [0.5, 0.6) is 5.75 Å². The fourth-order valence-electron chi connectivity index (χ4n) is 4.39. The number of benzene rings is 4. The van der Waals surface area contributed by atoms with Crippen molar-refractivity contribution >= 4 is 44.0 Å². The lowest BCUT2D eigenvalue weighted by Gasteiger charge is -2.26. The summed E-state index contributed by atoms with van der Waals surface area (Å²) in [5.74, 6) is -3.20. The highest BCUT2D eigenvalue weighted by Crippen LogP contribution is 2.29. The van der Waals surface area contributed by atoms with E-state index in [1.165, 1.54) is 42.3 Å². The highest BCUT2D eigenvalue weighted by molar-refractivity contribution is 7.90. The highest BCUT2D eigenvalue weighted by Gasteiger charge is 2.34. The summed E-state index contributed by atoms with van der Waals surface area (Å²) < 4.78 is 33.6. The molecule has 0 saturated carbocycles. The number of para-hydroxylation sites is 1. The fourth-order valence-corrected chi connectivity index (χ4v) is 5.45. The van der Waals surface area contributed by atoms with Gasteiger partial charge in [-0.15, -0.1) is 0 Å². The number of hydrogen-bond donors (Lipinski definition) is 1. The smallest absolute Gasteiger partial charge is 0.311 e. The second-order valence-corrected chi connectivity index (χ2v) is 10.6. The number of nitro groups is 1. The number of anilines is 1.